The molecule has 2 amide bonds. The fraction of sp³-hybridized carbons (Fsp3) is 0.167. The first kappa shape index (κ1) is 18.5. The predicted octanol–water partition coefficient (Wildman–Crippen LogP) is 2.47. The minimum atomic E-state index is -0.331. The van der Waals surface area contributed by atoms with E-state index < -0.39 is 0 Å². The summed E-state index contributed by atoms with van der Waals surface area (Å²) < 4.78 is 5.12. The summed E-state index contributed by atoms with van der Waals surface area (Å²) in [7, 11) is 0. The van der Waals surface area contributed by atoms with Crippen molar-refractivity contribution < 1.29 is 14.1 Å². The van der Waals surface area contributed by atoms with Crippen molar-refractivity contribution in [2.24, 2.45) is 0 Å². The largest absolute Gasteiger partial charge is 0.347 e. The van der Waals surface area contributed by atoms with Crippen molar-refractivity contribution in [3.63, 3.8) is 0 Å². The van der Waals surface area contributed by atoms with Gasteiger partial charge in [-0.2, -0.15) is 4.98 Å². The van der Waals surface area contributed by atoms with E-state index in [1.165, 1.54) is 0 Å². The molecule has 0 unspecified atom stereocenters. The number of pyridine rings is 1. The summed E-state index contributed by atoms with van der Waals surface area (Å²) in [6.45, 7) is -0.133. The number of hydrogen-bond acceptors (Lipinski definition) is 6. The normalized spacial score (nSPS) is 10.4. The number of aromatic nitrogens is 3. The molecule has 138 valence electrons. The number of hydrogen-bond donors (Lipinski definition) is 2. The number of aryl methyl sites for hydroxylation is 1. The molecular formula is C18H16ClN5O3. The fourth-order valence-electron chi connectivity index (χ4n) is 2.19. The van der Waals surface area contributed by atoms with E-state index >= 15 is 0 Å². The molecule has 1 aromatic carbocycles. The van der Waals surface area contributed by atoms with Crippen LogP contribution >= 0.6 is 11.6 Å². The Labute approximate surface area is 160 Å². The van der Waals surface area contributed by atoms with Gasteiger partial charge >= 0.3 is 0 Å². The molecule has 8 nitrogen and oxygen atoms in total. The maximum atomic E-state index is 11.9. The Hall–Kier alpha value is -3.26. The molecule has 2 N–H and O–H groups in total. The van der Waals surface area contributed by atoms with Gasteiger partial charge in [0.1, 0.15) is 0 Å². The van der Waals surface area contributed by atoms with Gasteiger partial charge in [-0.1, -0.05) is 16.8 Å². The van der Waals surface area contributed by atoms with Crippen LogP contribution in [-0.4, -0.2) is 33.5 Å². The van der Waals surface area contributed by atoms with Crippen LogP contribution < -0.4 is 10.6 Å². The number of nitrogens with one attached hydrogen (secondary N) is 2. The Balaban J connectivity index is 1.41. The number of nitrogens with zero attached hydrogens (tertiary/aromatic N) is 3. The van der Waals surface area contributed by atoms with E-state index in [0.717, 1.165) is 5.56 Å². The summed E-state index contributed by atoms with van der Waals surface area (Å²) in [5, 5.41) is 9.64. The molecule has 3 aromatic rings. The minimum Gasteiger partial charge on any atom is -0.347 e. The van der Waals surface area contributed by atoms with Crippen molar-refractivity contribution in [3.8, 4) is 11.4 Å². The number of halogens is 1. The fourth-order valence-corrected chi connectivity index (χ4v) is 2.32. The molecule has 2 heterocycles. The molecule has 9 heteroatoms. The van der Waals surface area contributed by atoms with Gasteiger partial charge in [0.05, 0.1) is 6.54 Å². The summed E-state index contributed by atoms with van der Waals surface area (Å²) in [4.78, 5) is 31.9. The lowest BCUT2D eigenvalue weighted by Gasteiger charge is -2.06. The van der Waals surface area contributed by atoms with Crippen LogP contribution in [0.3, 0.4) is 0 Å². The van der Waals surface area contributed by atoms with Crippen molar-refractivity contribution in [3.05, 3.63) is 59.7 Å². The van der Waals surface area contributed by atoms with Crippen molar-refractivity contribution >= 4 is 29.1 Å². The average Bonchev–Trinajstić information content (AvgIpc) is 3.16. The first-order valence-electron chi connectivity index (χ1n) is 8.15. The minimum absolute atomic E-state index is 0.128. The second-order valence-electron chi connectivity index (χ2n) is 5.59. The highest BCUT2D eigenvalue weighted by molar-refractivity contribution is 6.30. The molecule has 2 aromatic heterocycles. The molecule has 0 aliphatic heterocycles. The van der Waals surface area contributed by atoms with E-state index in [0.29, 0.717) is 22.4 Å². The number of benzene rings is 1. The molecular weight excluding hydrogens is 370 g/mol. The Morgan fingerprint density at radius 3 is 2.67 bits per heavy atom. The standard InChI is InChI=1S/C18H16ClN5O3/c19-13-3-5-14(6-4-13)22-16(26)11-21-15(25)7-8-17-23-18(24-27-17)12-2-1-9-20-10-12/h1-6,9-10H,7-8,11H2,(H,21,25)(H,22,26). The van der Waals surface area contributed by atoms with Gasteiger partial charge in [0.15, 0.2) is 0 Å². The topological polar surface area (TPSA) is 110 Å². The zero-order valence-electron chi connectivity index (χ0n) is 14.2. The third-order valence-corrected chi connectivity index (χ3v) is 3.78. The van der Waals surface area contributed by atoms with Gasteiger partial charge in [0.25, 0.3) is 0 Å². The monoisotopic (exact) mass is 385 g/mol. The van der Waals surface area contributed by atoms with Crippen LogP contribution in [0.1, 0.15) is 12.3 Å². The number of rotatable bonds is 7. The van der Waals surface area contributed by atoms with Crippen LogP contribution in [-0.2, 0) is 16.0 Å². The predicted molar refractivity (Wildman–Crippen MR) is 98.9 cm³/mol. The molecule has 0 aliphatic rings. The second kappa shape index (κ2) is 8.91. The van der Waals surface area contributed by atoms with Gasteiger partial charge in [0.2, 0.25) is 23.5 Å². The lowest BCUT2D eigenvalue weighted by Crippen LogP contribution is -2.32. The van der Waals surface area contributed by atoms with Crippen LogP contribution in [0, 0.1) is 0 Å². The highest BCUT2D eigenvalue weighted by Crippen LogP contribution is 2.14. The molecule has 3 rings (SSSR count). The van der Waals surface area contributed by atoms with Gasteiger partial charge < -0.3 is 15.2 Å². The Bertz CT molecular complexity index is 912. The molecule has 0 fully saturated rings. The van der Waals surface area contributed by atoms with Gasteiger partial charge in [0, 0.05) is 41.5 Å². The summed E-state index contributed by atoms with van der Waals surface area (Å²) in [6.07, 6.45) is 3.68. The van der Waals surface area contributed by atoms with E-state index in [9.17, 15) is 9.59 Å². The smallest absolute Gasteiger partial charge is 0.243 e. The molecule has 0 radical (unpaired) electrons. The number of amides is 2. The molecule has 0 atom stereocenters. The van der Waals surface area contributed by atoms with E-state index in [1.807, 2.05) is 6.07 Å². The highest BCUT2D eigenvalue weighted by Gasteiger charge is 2.11. The molecule has 0 spiro atoms. The van der Waals surface area contributed by atoms with Crippen LogP contribution in [0.25, 0.3) is 11.4 Å². The first-order valence-corrected chi connectivity index (χ1v) is 8.53. The van der Waals surface area contributed by atoms with Crippen molar-refractivity contribution in [1.29, 1.82) is 0 Å². The maximum Gasteiger partial charge on any atom is 0.243 e. The molecule has 27 heavy (non-hydrogen) atoms. The van der Waals surface area contributed by atoms with Crippen LogP contribution in [0.2, 0.25) is 5.02 Å². The zero-order valence-corrected chi connectivity index (χ0v) is 14.9. The lowest BCUT2D eigenvalue weighted by molar-refractivity contribution is -0.124. The van der Waals surface area contributed by atoms with E-state index in [1.54, 1.807) is 42.7 Å². The lowest BCUT2D eigenvalue weighted by atomic mass is 10.2. The first-order chi connectivity index (χ1) is 13.1. The van der Waals surface area contributed by atoms with Gasteiger partial charge in [-0.05, 0) is 36.4 Å². The third-order valence-electron chi connectivity index (χ3n) is 3.53. The molecule has 0 saturated carbocycles. The van der Waals surface area contributed by atoms with E-state index in [4.69, 9.17) is 16.1 Å². The Morgan fingerprint density at radius 2 is 1.93 bits per heavy atom. The third kappa shape index (κ3) is 5.61. The van der Waals surface area contributed by atoms with Crippen molar-refractivity contribution in [1.82, 2.24) is 20.4 Å². The van der Waals surface area contributed by atoms with Gasteiger partial charge in [-0.25, -0.2) is 0 Å². The summed E-state index contributed by atoms with van der Waals surface area (Å²) >= 11 is 5.78. The van der Waals surface area contributed by atoms with Crippen LogP contribution in [0.5, 0.6) is 0 Å². The van der Waals surface area contributed by atoms with Gasteiger partial charge in [-0.3, -0.25) is 14.6 Å². The Kier molecular flexibility index (Phi) is 6.11. The quantitative estimate of drug-likeness (QED) is 0.646. The summed E-state index contributed by atoms with van der Waals surface area (Å²) in [6, 6.07) is 10.3. The Morgan fingerprint density at radius 1 is 1.11 bits per heavy atom. The van der Waals surface area contributed by atoms with E-state index in [2.05, 4.69) is 25.8 Å². The maximum absolute atomic E-state index is 11.9. The number of carbonyl (C=O) groups is 2. The summed E-state index contributed by atoms with van der Waals surface area (Å²) in [5.74, 6) is 0.139. The van der Waals surface area contributed by atoms with Crippen molar-refractivity contribution in [2.75, 3.05) is 11.9 Å². The molecule has 0 aliphatic carbocycles. The second-order valence-corrected chi connectivity index (χ2v) is 6.02. The van der Waals surface area contributed by atoms with Crippen LogP contribution in [0.15, 0.2) is 53.3 Å². The van der Waals surface area contributed by atoms with Crippen LogP contribution in [0.4, 0.5) is 5.69 Å². The number of anilines is 1. The molecule has 0 bridgehead atoms. The summed E-state index contributed by atoms with van der Waals surface area (Å²) in [5.41, 5.74) is 1.34. The number of carbonyl (C=O) groups excluding carboxylic acids is 2. The van der Waals surface area contributed by atoms with Crippen molar-refractivity contribution in [2.45, 2.75) is 12.8 Å². The SMILES string of the molecule is O=C(CCc1nc(-c2cccnc2)no1)NCC(=O)Nc1ccc(Cl)cc1. The zero-order chi connectivity index (χ0) is 19.1. The van der Waals surface area contributed by atoms with E-state index in [-0.39, 0.29) is 31.2 Å². The van der Waals surface area contributed by atoms with Gasteiger partial charge in [-0.15, -0.1) is 0 Å². The average molecular weight is 386 g/mol. The highest BCUT2D eigenvalue weighted by atomic mass is 35.5. The molecule has 0 saturated heterocycles.